The number of ether oxygens (including phenoxy) is 2. The minimum Gasteiger partial charge on any atom is -0.497 e. The third kappa shape index (κ3) is 5.57. The minimum atomic E-state index is -0.608. The van der Waals surface area contributed by atoms with Gasteiger partial charge in [-0.2, -0.15) is 0 Å². The second-order valence-corrected chi connectivity index (χ2v) is 5.91. The first-order chi connectivity index (χ1) is 13.5. The van der Waals surface area contributed by atoms with Crippen molar-refractivity contribution in [2.75, 3.05) is 32.1 Å². The normalized spacial score (nSPS) is 10.1. The molecule has 0 aliphatic heterocycles. The number of amides is 2. The van der Waals surface area contributed by atoms with Crippen molar-refractivity contribution in [3.05, 3.63) is 59.7 Å². The Hall–Kier alpha value is -3.35. The van der Waals surface area contributed by atoms with E-state index in [0.29, 0.717) is 35.7 Å². The van der Waals surface area contributed by atoms with Crippen LogP contribution in [0.2, 0.25) is 0 Å². The highest BCUT2D eigenvalue weighted by molar-refractivity contribution is 5.98. The maximum Gasteiger partial charge on any atom is 0.338 e. The fourth-order valence-corrected chi connectivity index (χ4v) is 2.56. The quantitative estimate of drug-likeness (QED) is 0.708. The van der Waals surface area contributed by atoms with Crippen LogP contribution in [0.25, 0.3) is 0 Å². The minimum absolute atomic E-state index is 0.105. The number of hydrogen-bond acceptors (Lipinski definition) is 5. The predicted molar refractivity (Wildman–Crippen MR) is 106 cm³/mol. The van der Waals surface area contributed by atoms with E-state index in [1.807, 2.05) is 13.8 Å². The van der Waals surface area contributed by atoms with E-state index >= 15 is 0 Å². The summed E-state index contributed by atoms with van der Waals surface area (Å²) >= 11 is 0. The van der Waals surface area contributed by atoms with E-state index < -0.39 is 18.5 Å². The van der Waals surface area contributed by atoms with Crippen molar-refractivity contribution in [2.24, 2.45) is 0 Å². The van der Waals surface area contributed by atoms with Crippen LogP contribution in [0.3, 0.4) is 0 Å². The van der Waals surface area contributed by atoms with Crippen LogP contribution in [0.1, 0.15) is 34.6 Å². The van der Waals surface area contributed by atoms with E-state index in [1.54, 1.807) is 53.4 Å². The third-order valence-electron chi connectivity index (χ3n) is 4.10. The van der Waals surface area contributed by atoms with Crippen LogP contribution in [0.15, 0.2) is 48.5 Å². The number of methoxy groups -OCH3 is 1. The molecule has 0 aliphatic carbocycles. The lowest BCUT2D eigenvalue weighted by Gasteiger charge is -2.19. The monoisotopic (exact) mass is 384 g/mol. The summed E-state index contributed by atoms with van der Waals surface area (Å²) in [5, 5.41) is 2.63. The first-order valence-corrected chi connectivity index (χ1v) is 8.98. The summed E-state index contributed by atoms with van der Waals surface area (Å²) in [5.41, 5.74) is 1.26. The Morgan fingerprint density at radius 1 is 0.964 bits per heavy atom. The van der Waals surface area contributed by atoms with E-state index in [1.165, 1.54) is 7.11 Å². The molecule has 28 heavy (non-hydrogen) atoms. The summed E-state index contributed by atoms with van der Waals surface area (Å²) in [6, 6.07) is 13.0. The summed E-state index contributed by atoms with van der Waals surface area (Å²) in [5.74, 6) is -0.585. The fraction of sp³-hybridized carbons (Fsp3) is 0.286. The van der Waals surface area contributed by atoms with Gasteiger partial charge in [0.05, 0.1) is 12.7 Å². The number of esters is 1. The Morgan fingerprint density at radius 3 is 2.25 bits per heavy atom. The Labute approximate surface area is 164 Å². The van der Waals surface area contributed by atoms with Crippen LogP contribution in [0.5, 0.6) is 5.75 Å². The summed E-state index contributed by atoms with van der Waals surface area (Å²) in [7, 11) is 1.53. The maximum atomic E-state index is 12.4. The zero-order valence-corrected chi connectivity index (χ0v) is 16.2. The number of nitrogens with zero attached hydrogens (tertiary/aromatic N) is 1. The van der Waals surface area contributed by atoms with Gasteiger partial charge in [-0.1, -0.05) is 6.07 Å². The van der Waals surface area contributed by atoms with Gasteiger partial charge in [0.15, 0.2) is 6.61 Å². The van der Waals surface area contributed by atoms with Gasteiger partial charge in [0.25, 0.3) is 11.8 Å². The third-order valence-corrected chi connectivity index (χ3v) is 4.10. The summed E-state index contributed by atoms with van der Waals surface area (Å²) in [6.45, 7) is 4.59. The molecular weight excluding hydrogens is 360 g/mol. The maximum absolute atomic E-state index is 12.4. The molecule has 2 aromatic carbocycles. The predicted octanol–water partition coefficient (Wildman–Crippen LogP) is 2.97. The molecule has 0 bridgehead atoms. The van der Waals surface area contributed by atoms with Gasteiger partial charge < -0.3 is 19.7 Å². The van der Waals surface area contributed by atoms with Gasteiger partial charge in [-0.25, -0.2) is 4.79 Å². The Kier molecular flexibility index (Phi) is 7.56. The lowest BCUT2D eigenvalue weighted by Crippen LogP contribution is -2.30. The number of carbonyl (C=O) groups is 3. The Bertz CT molecular complexity index is 829. The molecule has 7 nitrogen and oxygen atoms in total. The number of anilines is 1. The van der Waals surface area contributed by atoms with Crippen molar-refractivity contribution in [3.63, 3.8) is 0 Å². The van der Waals surface area contributed by atoms with Gasteiger partial charge >= 0.3 is 5.97 Å². The first-order valence-electron chi connectivity index (χ1n) is 8.98. The largest absolute Gasteiger partial charge is 0.497 e. The number of nitrogens with one attached hydrogen (secondary N) is 1. The van der Waals surface area contributed by atoms with Crippen molar-refractivity contribution in [1.82, 2.24) is 4.90 Å². The van der Waals surface area contributed by atoms with E-state index in [4.69, 9.17) is 9.47 Å². The van der Waals surface area contributed by atoms with Crippen LogP contribution in [0, 0.1) is 0 Å². The molecule has 2 aromatic rings. The topological polar surface area (TPSA) is 84.9 Å². The molecule has 0 heterocycles. The molecule has 148 valence electrons. The van der Waals surface area contributed by atoms with Gasteiger partial charge in [-0.3, -0.25) is 9.59 Å². The molecule has 0 aromatic heterocycles. The lowest BCUT2D eigenvalue weighted by molar-refractivity contribution is -0.119. The number of benzene rings is 2. The molecule has 0 spiro atoms. The number of carbonyl (C=O) groups excluding carboxylic acids is 3. The fourth-order valence-electron chi connectivity index (χ4n) is 2.56. The van der Waals surface area contributed by atoms with Crippen molar-refractivity contribution >= 4 is 23.5 Å². The Balaban J connectivity index is 1.93. The standard InChI is InChI=1S/C21H24N2O5/c1-4-23(5-2)20(25)16-7-6-8-17(13-16)22-19(24)14-28-21(26)15-9-11-18(27-3)12-10-15/h6-13H,4-5,14H2,1-3H3,(H,22,24). The van der Waals surface area contributed by atoms with Gasteiger partial charge in [0.1, 0.15) is 5.75 Å². The highest BCUT2D eigenvalue weighted by Crippen LogP contribution is 2.14. The molecule has 0 fully saturated rings. The van der Waals surface area contributed by atoms with E-state index in [2.05, 4.69) is 5.32 Å². The SMILES string of the molecule is CCN(CC)C(=O)c1cccc(NC(=O)COC(=O)c2ccc(OC)cc2)c1. The number of hydrogen-bond donors (Lipinski definition) is 1. The smallest absolute Gasteiger partial charge is 0.338 e. The van der Waals surface area contributed by atoms with Crippen LogP contribution in [-0.4, -0.2) is 49.5 Å². The lowest BCUT2D eigenvalue weighted by atomic mass is 10.1. The van der Waals surface area contributed by atoms with Gasteiger partial charge in [-0.15, -0.1) is 0 Å². The molecule has 7 heteroatoms. The van der Waals surface area contributed by atoms with Gasteiger partial charge in [-0.05, 0) is 56.3 Å². The molecule has 0 aliphatic rings. The summed E-state index contributed by atoms with van der Waals surface area (Å²) < 4.78 is 10.0. The Morgan fingerprint density at radius 2 is 1.64 bits per heavy atom. The molecule has 0 atom stereocenters. The van der Waals surface area contributed by atoms with Crippen molar-refractivity contribution in [1.29, 1.82) is 0 Å². The van der Waals surface area contributed by atoms with Crippen molar-refractivity contribution in [2.45, 2.75) is 13.8 Å². The van der Waals surface area contributed by atoms with Crippen molar-refractivity contribution in [3.8, 4) is 5.75 Å². The van der Waals surface area contributed by atoms with E-state index in [-0.39, 0.29) is 5.91 Å². The molecule has 2 amide bonds. The molecule has 0 unspecified atom stereocenters. The number of rotatable bonds is 8. The van der Waals surface area contributed by atoms with Gasteiger partial charge in [0.2, 0.25) is 0 Å². The van der Waals surface area contributed by atoms with Crippen molar-refractivity contribution < 1.29 is 23.9 Å². The van der Waals surface area contributed by atoms with Crippen LogP contribution in [-0.2, 0) is 9.53 Å². The molecular formula is C21H24N2O5. The molecule has 0 radical (unpaired) electrons. The summed E-state index contributed by atoms with van der Waals surface area (Å²) in [6.07, 6.45) is 0. The zero-order chi connectivity index (χ0) is 20.5. The average Bonchev–Trinajstić information content (AvgIpc) is 2.73. The van der Waals surface area contributed by atoms with E-state index in [0.717, 1.165) is 0 Å². The zero-order valence-electron chi connectivity index (χ0n) is 16.2. The second-order valence-electron chi connectivity index (χ2n) is 5.91. The highest BCUT2D eigenvalue weighted by atomic mass is 16.5. The summed E-state index contributed by atoms with van der Waals surface area (Å²) in [4.78, 5) is 38.2. The molecule has 1 N–H and O–H groups in total. The molecule has 0 saturated carbocycles. The first kappa shape index (κ1) is 21.0. The van der Waals surface area contributed by atoms with Crippen LogP contribution >= 0.6 is 0 Å². The molecule has 0 saturated heterocycles. The molecule has 2 rings (SSSR count). The highest BCUT2D eigenvalue weighted by Gasteiger charge is 2.14. The van der Waals surface area contributed by atoms with Crippen LogP contribution < -0.4 is 10.1 Å². The second kappa shape index (κ2) is 10.1. The van der Waals surface area contributed by atoms with Gasteiger partial charge in [0, 0.05) is 24.3 Å². The van der Waals surface area contributed by atoms with E-state index in [9.17, 15) is 14.4 Å². The van der Waals surface area contributed by atoms with Crippen LogP contribution in [0.4, 0.5) is 5.69 Å². The average molecular weight is 384 g/mol.